The predicted molar refractivity (Wildman–Crippen MR) is 129 cm³/mol. The Hall–Kier alpha value is -3.36. The van der Waals surface area contributed by atoms with E-state index in [-0.39, 0.29) is 25.5 Å². The molecule has 2 atom stereocenters. The predicted octanol–water partition coefficient (Wildman–Crippen LogP) is 5.81. The number of nitrogens with zero attached hydrogens (tertiary/aromatic N) is 2. The van der Waals surface area contributed by atoms with Gasteiger partial charge in [-0.15, -0.1) is 5.10 Å². The number of carbonyl (C=O) groups is 2. The van der Waals surface area contributed by atoms with Crippen LogP contribution in [0.5, 0.6) is 0 Å². The SMILES string of the molecule is CC(CC(C(=O)OC(C)(C)C)c1ccc(CN2N=C(c3ccccc3)OCC2=O)cc1)CC(F)(F)F. The summed E-state index contributed by atoms with van der Waals surface area (Å²) in [4.78, 5) is 25.2. The summed E-state index contributed by atoms with van der Waals surface area (Å²) in [6.45, 7) is 6.67. The number of carbonyl (C=O) groups excluding carboxylic acids is 2. The van der Waals surface area contributed by atoms with E-state index in [2.05, 4.69) is 5.10 Å². The molecule has 9 heteroatoms. The molecule has 1 amide bonds. The second-order valence-corrected chi connectivity index (χ2v) is 10.00. The number of halogens is 3. The molecule has 0 aliphatic carbocycles. The van der Waals surface area contributed by atoms with Crippen LogP contribution >= 0.6 is 0 Å². The summed E-state index contributed by atoms with van der Waals surface area (Å²) in [6, 6.07) is 16.1. The summed E-state index contributed by atoms with van der Waals surface area (Å²) in [5.41, 5.74) is 1.28. The van der Waals surface area contributed by atoms with Crippen LogP contribution in [0.4, 0.5) is 13.2 Å². The van der Waals surface area contributed by atoms with E-state index < -0.39 is 36.0 Å². The normalized spacial score (nSPS) is 16.1. The first kappa shape index (κ1) is 27.2. The van der Waals surface area contributed by atoms with Crippen LogP contribution in [0, 0.1) is 5.92 Å². The Labute approximate surface area is 209 Å². The van der Waals surface area contributed by atoms with Gasteiger partial charge in [-0.05, 0) is 56.4 Å². The van der Waals surface area contributed by atoms with Crippen LogP contribution in [0.3, 0.4) is 0 Å². The highest BCUT2D eigenvalue weighted by molar-refractivity contribution is 5.97. The van der Waals surface area contributed by atoms with Crippen LogP contribution in [-0.4, -0.2) is 41.2 Å². The zero-order valence-corrected chi connectivity index (χ0v) is 20.8. The Balaban J connectivity index is 1.78. The number of alkyl halides is 3. The Kier molecular flexibility index (Phi) is 8.43. The summed E-state index contributed by atoms with van der Waals surface area (Å²) in [6.07, 6.45) is -5.29. The fraction of sp³-hybridized carbons (Fsp3) is 0.444. The largest absolute Gasteiger partial charge is 0.466 e. The van der Waals surface area contributed by atoms with E-state index >= 15 is 0 Å². The zero-order chi connectivity index (χ0) is 26.5. The highest BCUT2D eigenvalue weighted by atomic mass is 19.4. The van der Waals surface area contributed by atoms with Crippen molar-refractivity contribution >= 4 is 17.8 Å². The van der Waals surface area contributed by atoms with Gasteiger partial charge in [-0.3, -0.25) is 9.59 Å². The second-order valence-electron chi connectivity index (χ2n) is 10.00. The molecule has 1 heterocycles. The second kappa shape index (κ2) is 11.1. The molecule has 0 saturated carbocycles. The molecule has 0 radical (unpaired) electrons. The van der Waals surface area contributed by atoms with Gasteiger partial charge in [-0.1, -0.05) is 49.4 Å². The van der Waals surface area contributed by atoms with Gasteiger partial charge in [0.15, 0.2) is 6.61 Å². The number of rotatable bonds is 8. The van der Waals surface area contributed by atoms with E-state index in [1.54, 1.807) is 45.0 Å². The van der Waals surface area contributed by atoms with Crippen LogP contribution in [0.25, 0.3) is 0 Å². The zero-order valence-electron chi connectivity index (χ0n) is 20.8. The Bertz CT molecular complexity index is 1080. The minimum Gasteiger partial charge on any atom is -0.466 e. The van der Waals surface area contributed by atoms with Crippen molar-refractivity contribution in [3.8, 4) is 0 Å². The number of hydrogen-bond donors (Lipinski definition) is 0. The minimum atomic E-state index is -4.31. The van der Waals surface area contributed by atoms with Crippen molar-refractivity contribution in [1.29, 1.82) is 0 Å². The van der Waals surface area contributed by atoms with Gasteiger partial charge in [0.2, 0.25) is 5.90 Å². The lowest BCUT2D eigenvalue weighted by atomic mass is 9.87. The molecule has 0 saturated heterocycles. The van der Waals surface area contributed by atoms with E-state index in [0.29, 0.717) is 11.5 Å². The standard InChI is InChI=1S/C27H31F3N2O4/c1-18(15-27(28,29)30)14-22(25(34)36-26(2,3)4)20-12-10-19(11-13-20)16-32-23(33)17-35-24(31-32)21-8-6-5-7-9-21/h5-13,18,22H,14-17H2,1-4H3. The lowest BCUT2D eigenvalue weighted by Gasteiger charge is -2.26. The molecular formula is C27H31F3N2O4. The quantitative estimate of drug-likeness (QED) is 0.426. The lowest BCUT2D eigenvalue weighted by molar-refractivity contribution is -0.159. The molecule has 2 unspecified atom stereocenters. The number of hydrogen-bond acceptors (Lipinski definition) is 5. The average Bonchev–Trinajstić information content (AvgIpc) is 2.78. The monoisotopic (exact) mass is 504 g/mol. The first-order valence-corrected chi connectivity index (χ1v) is 11.8. The van der Waals surface area contributed by atoms with Gasteiger partial charge in [-0.25, -0.2) is 5.01 Å². The van der Waals surface area contributed by atoms with Gasteiger partial charge < -0.3 is 9.47 Å². The number of ether oxygens (including phenoxy) is 2. The van der Waals surface area contributed by atoms with Crippen LogP contribution in [-0.2, 0) is 25.6 Å². The van der Waals surface area contributed by atoms with Crippen molar-refractivity contribution in [2.24, 2.45) is 11.0 Å². The van der Waals surface area contributed by atoms with Crippen LogP contribution in [0.1, 0.15) is 63.1 Å². The molecule has 1 aliphatic rings. The molecule has 0 aromatic heterocycles. The molecule has 0 fully saturated rings. The molecule has 3 rings (SSSR count). The summed E-state index contributed by atoms with van der Waals surface area (Å²) < 4.78 is 49.7. The first-order chi connectivity index (χ1) is 16.8. The minimum absolute atomic E-state index is 0.000445. The van der Waals surface area contributed by atoms with E-state index in [9.17, 15) is 22.8 Å². The molecular weight excluding hydrogens is 473 g/mol. The summed E-state index contributed by atoms with van der Waals surface area (Å²) in [7, 11) is 0. The van der Waals surface area contributed by atoms with Gasteiger partial charge >= 0.3 is 12.1 Å². The summed E-state index contributed by atoms with van der Waals surface area (Å²) in [5.74, 6) is -2.13. The van der Waals surface area contributed by atoms with Gasteiger partial charge in [0.05, 0.1) is 12.5 Å². The summed E-state index contributed by atoms with van der Waals surface area (Å²) >= 11 is 0. The van der Waals surface area contributed by atoms with E-state index in [4.69, 9.17) is 9.47 Å². The molecule has 1 aliphatic heterocycles. The third kappa shape index (κ3) is 8.10. The highest BCUT2D eigenvalue weighted by Crippen LogP contribution is 2.33. The molecule has 0 N–H and O–H groups in total. The van der Waals surface area contributed by atoms with Crippen molar-refractivity contribution in [3.05, 3.63) is 71.3 Å². The topological polar surface area (TPSA) is 68.2 Å². The Morgan fingerprint density at radius 1 is 1.08 bits per heavy atom. The molecule has 36 heavy (non-hydrogen) atoms. The van der Waals surface area contributed by atoms with Crippen LogP contribution in [0.2, 0.25) is 0 Å². The molecule has 0 bridgehead atoms. The van der Waals surface area contributed by atoms with Crippen molar-refractivity contribution in [2.45, 2.75) is 64.8 Å². The average molecular weight is 505 g/mol. The number of esters is 1. The molecule has 2 aromatic carbocycles. The van der Waals surface area contributed by atoms with Gasteiger partial charge in [0, 0.05) is 12.0 Å². The third-order valence-corrected chi connectivity index (χ3v) is 5.48. The maximum Gasteiger partial charge on any atom is 0.389 e. The molecule has 2 aromatic rings. The number of hydrazone groups is 1. The fourth-order valence-electron chi connectivity index (χ4n) is 3.89. The van der Waals surface area contributed by atoms with Crippen LogP contribution in [0.15, 0.2) is 59.7 Å². The number of benzene rings is 2. The van der Waals surface area contributed by atoms with Crippen molar-refractivity contribution in [3.63, 3.8) is 0 Å². The van der Waals surface area contributed by atoms with Gasteiger partial charge in [-0.2, -0.15) is 13.2 Å². The molecule has 6 nitrogen and oxygen atoms in total. The number of amides is 1. The van der Waals surface area contributed by atoms with Crippen molar-refractivity contribution in [2.75, 3.05) is 6.61 Å². The van der Waals surface area contributed by atoms with Gasteiger partial charge in [0.1, 0.15) is 5.60 Å². The third-order valence-electron chi connectivity index (χ3n) is 5.48. The van der Waals surface area contributed by atoms with E-state index in [1.807, 2.05) is 30.3 Å². The maximum absolute atomic E-state index is 12.9. The lowest BCUT2D eigenvalue weighted by Crippen LogP contribution is -2.36. The van der Waals surface area contributed by atoms with E-state index in [0.717, 1.165) is 11.1 Å². The maximum atomic E-state index is 12.9. The fourth-order valence-corrected chi connectivity index (χ4v) is 3.89. The molecule has 0 spiro atoms. The highest BCUT2D eigenvalue weighted by Gasteiger charge is 2.34. The van der Waals surface area contributed by atoms with Gasteiger partial charge in [0.25, 0.3) is 5.91 Å². The van der Waals surface area contributed by atoms with Crippen molar-refractivity contribution in [1.82, 2.24) is 5.01 Å². The smallest absolute Gasteiger partial charge is 0.389 e. The van der Waals surface area contributed by atoms with Crippen molar-refractivity contribution < 1.29 is 32.2 Å². The Morgan fingerprint density at radius 2 is 1.72 bits per heavy atom. The first-order valence-electron chi connectivity index (χ1n) is 11.8. The van der Waals surface area contributed by atoms with Crippen LogP contribution < -0.4 is 0 Å². The Morgan fingerprint density at radius 3 is 2.31 bits per heavy atom. The van der Waals surface area contributed by atoms with E-state index in [1.165, 1.54) is 11.9 Å². The molecule has 194 valence electrons. The summed E-state index contributed by atoms with van der Waals surface area (Å²) in [5, 5.41) is 5.64.